The molecule has 5 nitrogen and oxygen atoms in total. The molecule has 1 fully saturated rings. The number of amides is 1. The lowest BCUT2D eigenvalue weighted by Gasteiger charge is -2.09. The number of nitrogens with zero attached hydrogens (tertiary/aromatic N) is 1. The number of nitrogens with one attached hydrogen (secondary N) is 1. The van der Waals surface area contributed by atoms with Gasteiger partial charge >= 0.3 is 0 Å². The van der Waals surface area contributed by atoms with Gasteiger partial charge in [0.25, 0.3) is 5.91 Å². The van der Waals surface area contributed by atoms with Crippen LogP contribution in [0.3, 0.4) is 0 Å². The number of hydrogen-bond donors (Lipinski definition) is 1. The summed E-state index contributed by atoms with van der Waals surface area (Å²) >= 11 is 7.43. The van der Waals surface area contributed by atoms with E-state index >= 15 is 0 Å². The van der Waals surface area contributed by atoms with Gasteiger partial charge in [0.05, 0.1) is 29.8 Å². The molecular formula is C18H14ClFN2O3S. The van der Waals surface area contributed by atoms with E-state index in [-0.39, 0.29) is 11.7 Å². The summed E-state index contributed by atoms with van der Waals surface area (Å²) in [5, 5.41) is 3.50. The first-order valence-corrected chi connectivity index (χ1v) is 8.66. The Kier molecular flexibility index (Phi) is 5.49. The number of thioether (sulfide) groups is 1. The Balaban J connectivity index is 1.88. The molecule has 0 radical (unpaired) electrons. The Morgan fingerprint density at radius 2 is 1.81 bits per heavy atom. The van der Waals surface area contributed by atoms with Crippen molar-refractivity contribution in [1.29, 1.82) is 0 Å². The van der Waals surface area contributed by atoms with Crippen molar-refractivity contribution in [3.63, 3.8) is 0 Å². The van der Waals surface area contributed by atoms with Gasteiger partial charge in [-0.1, -0.05) is 11.6 Å². The van der Waals surface area contributed by atoms with Gasteiger partial charge in [0, 0.05) is 6.07 Å². The van der Waals surface area contributed by atoms with Crippen LogP contribution in [-0.2, 0) is 4.79 Å². The fraction of sp³-hybridized carbons (Fsp3) is 0.111. The maximum Gasteiger partial charge on any atom is 0.264 e. The molecule has 8 heteroatoms. The molecule has 0 unspecified atom stereocenters. The number of benzene rings is 2. The van der Waals surface area contributed by atoms with E-state index in [0.717, 1.165) is 0 Å². The maximum atomic E-state index is 13.0. The highest BCUT2D eigenvalue weighted by Gasteiger charge is 2.24. The average molecular weight is 393 g/mol. The Morgan fingerprint density at radius 1 is 1.15 bits per heavy atom. The lowest BCUT2D eigenvalue weighted by atomic mass is 10.2. The van der Waals surface area contributed by atoms with Crippen LogP contribution < -0.4 is 14.8 Å². The zero-order chi connectivity index (χ0) is 18.7. The van der Waals surface area contributed by atoms with E-state index in [2.05, 4.69) is 10.3 Å². The van der Waals surface area contributed by atoms with E-state index in [0.29, 0.717) is 37.8 Å². The number of halogens is 2. The summed E-state index contributed by atoms with van der Waals surface area (Å²) < 4.78 is 23.4. The summed E-state index contributed by atoms with van der Waals surface area (Å²) in [7, 11) is 3.04. The van der Waals surface area contributed by atoms with Crippen LogP contribution in [0.2, 0.25) is 5.02 Å². The molecule has 1 saturated heterocycles. The van der Waals surface area contributed by atoms with Crippen LogP contribution in [0.25, 0.3) is 6.08 Å². The number of rotatable bonds is 4. The summed E-state index contributed by atoms with van der Waals surface area (Å²) in [6, 6.07) is 8.99. The van der Waals surface area contributed by atoms with Gasteiger partial charge in [-0.2, -0.15) is 0 Å². The fourth-order valence-electron chi connectivity index (χ4n) is 2.24. The Bertz CT molecular complexity index is 913. The SMILES string of the molecule is COc1cc(Cl)c(/C=C2/SC(=Nc3ccc(F)cc3)NC2=O)cc1OC. The van der Waals surface area contributed by atoms with Gasteiger partial charge in [-0.25, -0.2) is 9.38 Å². The van der Waals surface area contributed by atoms with Crippen molar-refractivity contribution in [2.75, 3.05) is 14.2 Å². The summed E-state index contributed by atoms with van der Waals surface area (Å²) in [6.45, 7) is 0. The normalized spacial score (nSPS) is 16.8. The molecule has 1 N–H and O–H groups in total. The second kappa shape index (κ2) is 7.80. The van der Waals surface area contributed by atoms with Crippen LogP contribution >= 0.6 is 23.4 Å². The molecule has 0 atom stereocenters. The lowest BCUT2D eigenvalue weighted by Crippen LogP contribution is -2.19. The standard InChI is InChI=1S/C18H14ClFN2O3S/c1-24-14-7-10(13(19)9-15(14)25-2)8-16-17(23)22-18(26-16)21-12-5-3-11(20)4-6-12/h3-9H,1-2H3,(H,21,22,23)/b16-8+. The molecule has 1 heterocycles. The molecule has 0 saturated carbocycles. The molecule has 0 spiro atoms. The molecule has 2 aromatic carbocycles. The van der Waals surface area contributed by atoms with Crippen molar-refractivity contribution in [3.8, 4) is 11.5 Å². The monoisotopic (exact) mass is 392 g/mol. The van der Waals surface area contributed by atoms with Crippen LogP contribution in [0.4, 0.5) is 10.1 Å². The van der Waals surface area contributed by atoms with Crippen molar-refractivity contribution in [2.45, 2.75) is 0 Å². The van der Waals surface area contributed by atoms with E-state index in [1.165, 1.54) is 50.2 Å². The van der Waals surface area contributed by atoms with E-state index < -0.39 is 0 Å². The van der Waals surface area contributed by atoms with Gasteiger partial charge in [0.1, 0.15) is 5.82 Å². The highest BCUT2D eigenvalue weighted by molar-refractivity contribution is 8.18. The number of hydrogen-bond acceptors (Lipinski definition) is 5. The number of aliphatic imine (C=N–C) groups is 1. The van der Waals surface area contributed by atoms with Crippen molar-refractivity contribution in [2.24, 2.45) is 4.99 Å². The third-order valence-electron chi connectivity index (χ3n) is 3.50. The Labute approximate surface area is 158 Å². The second-order valence-corrected chi connectivity index (χ2v) is 6.62. The van der Waals surface area contributed by atoms with Crippen molar-refractivity contribution in [3.05, 3.63) is 57.7 Å². The van der Waals surface area contributed by atoms with Crippen LogP contribution in [0.5, 0.6) is 11.5 Å². The van der Waals surface area contributed by atoms with Gasteiger partial charge < -0.3 is 14.8 Å². The smallest absolute Gasteiger partial charge is 0.264 e. The predicted octanol–water partition coefficient (Wildman–Crippen LogP) is 4.39. The van der Waals surface area contributed by atoms with Crippen molar-refractivity contribution >= 4 is 46.2 Å². The third-order valence-corrected chi connectivity index (χ3v) is 4.73. The van der Waals surface area contributed by atoms with Gasteiger partial charge in [0.15, 0.2) is 16.7 Å². The van der Waals surface area contributed by atoms with Gasteiger partial charge in [0.2, 0.25) is 0 Å². The molecule has 1 aliphatic heterocycles. The van der Waals surface area contributed by atoms with Crippen LogP contribution in [0.1, 0.15) is 5.56 Å². The summed E-state index contributed by atoms with van der Waals surface area (Å²) in [6.07, 6.45) is 1.65. The molecule has 2 aromatic rings. The summed E-state index contributed by atoms with van der Waals surface area (Å²) in [4.78, 5) is 16.9. The minimum atomic E-state index is -0.347. The highest BCUT2D eigenvalue weighted by Crippen LogP contribution is 2.36. The van der Waals surface area contributed by atoms with Gasteiger partial charge in [-0.3, -0.25) is 4.79 Å². The fourth-order valence-corrected chi connectivity index (χ4v) is 3.28. The first kappa shape index (κ1) is 18.3. The quantitative estimate of drug-likeness (QED) is 0.784. The number of amidine groups is 1. The lowest BCUT2D eigenvalue weighted by molar-refractivity contribution is -0.115. The summed E-state index contributed by atoms with van der Waals surface area (Å²) in [5.41, 5.74) is 1.16. The topological polar surface area (TPSA) is 59.9 Å². The van der Waals surface area contributed by atoms with Crippen LogP contribution in [0, 0.1) is 5.82 Å². The Morgan fingerprint density at radius 3 is 2.46 bits per heavy atom. The number of carbonyl (C=O) groups is 1. The van der Waals surface area contributed by atoms with Crippen LogP contribution in [-0.4, -0.2) is 25.3 Å². The Hall–Kier alpha value is -2.51. The number of carbonyl (C=O) groups excluding carboxylic acids is 1. The molecule has 1 amide bonds. The van der Waals surface area contributed by atoms with Gasteiger partial charge in [-0.05, 0) is 53.7 Å². The first-order valence-electron chi connectivity index (χ1n) is 7.47. The average Bonchev–Trinajstić information content (AvgIpc) is 2.97. The minimum Gasteiger partial charge on any atom is -0.493 e. The molecule has 0 aliphatic carbocycles. The molecular weight excluding hydrogens is 379 g/mol. The summed E-state index contributed by atoms with van der Waals surface area (Å²) in [5.74, 6) is 0.372. The molecule has 0 bridgehead atoms. The maximum absolute atomic E-state index is 13.0. The van der Waals surface area contributed by atoms with E-state index in [1.807, 2.05) is 0 Å². The van der Waals surface area contributed by atoms with Crippen molar-refractivity contribution in [1.82, 2.24) is 5.32 Å². The zero-order valence-electron chi connectivity index (χ0n) is 13.9. The number of ether oxygens (including phenoxy) is 2. The molecule has 26 heavy (non-hydrogen) atoms. The molecule has 1 aliphatic rings. The van der Waals surface area contributed by atoms with E-state index in [1.54, 1.807) is 18.2 Å². The molecule has 134 valence electrons. The van der Waals surface area contributed by atoms with E-state index in [4.69, 9.17) is 21.1 Å². The number of methoxy groups -OCH3 is 2. The first-order chi connectivity index (χ1) is 12.5. The van der Waals surface area contributed by atoms with Gasteiger partial charge in [-0.15, -0.1) is 0 Å². The van der Waals surface area contributed by atoms with Crippen molar-refractivity contribution < 1.29 is 18.7 Å². The third kappa shape index (κ3) is 4.00. The second-order valence-electron chi connectivity index (χ2n) is 5.19. The molecule has 0 aromatic heterocycles. The minimum absolute atomic E-state index is 0.290. The highest BCUT2D eigenvalue weighted by atomic mass is 35.5. The molecule has 3 rings (SSSR count). The largest absolute Gasteiger partial charge is 0.493 e. The predicted molar refractivity (Wildman–Crippen MR) is 102 cm³/mol. The zero-order valence-corrected chi connectivity index (χ0v) is 15.5. The van der Waals surface area contributed by atoms with Crippen LogP contribution in [0.15, 0.2) is 46.3 Å². The van der Waals surface area contributed by atoms with E-state index in [9.17, 15) is 9.18 Å².